The van der Waals surface area contributed by atoms with Gasteiger partial charge in [0.2, 0.25) is 23.6 Å². The van der Waals surface area contributed by atoms with Crippen molar-refractivity contribution in [2.45, 2.75) is 98.5 Å². The van der Waals surface area contributed by atoms with E-state index in [0.717, 1.165) is 54.0 Å². The zero-order valence-electron chi connectivity index (χ0n) is 38.9. The first-order chi connectivity index (χ1) is 32.0. The van der Waals surface area contributed by atoms with Crippen molar-refractivity contribution in [2.75, 3.05) is 39.5 Å². The third-order valence-corrected chi connectivity index (χ3v) is 14.2. The molecular weight excluding hydrogens is 914 g/mol. The summed E-state index contributed by atoms with van der Waals surface area (Å²) in [6, 6.07) is 12.9. The van der Waals surface area contributed by atoms with Crippen LogP contribution in [0.15, 0.2) is 59.0 Å². The number of hydrogen-bond donors (Lipinski definition) is 4. The van der Waals surface area contributed by atoms with Crippen LogP contribution in [-0.2, 0) is 35.2 Å². The summed E-state index contributed by atoms with van der Waals surface area (Å²) in [7, 11) is 0. The summed E-state index contributed by atoms with van der Waals surface area (Å²) in [4.78, 5) is 66.9. The molecule has 4 N–H and O–H groups in total. The highest BCUT2D eigenvalue weighted by Crippen LogP contribution is 2.40. The van der Waals surface area contributed by atoms with Crippen LogP contribution in [0, 0.1) is 33.1 Å². The molecule has 5 aromatic rings. The molecule has 0 saturated carbocycles. The first-order valence-corrected chi connectivity index (χ1v) is 24.4. The van der Waals surface area contributed by atoms with E-state index in [4.69, 9.17) is 26.1 Å². The largest absolute Gasteiger partial charge is 0.391 e. The van der Waals surface area contributed by atoms with E-state index in [2.05, 4.69) is 45.0 Å². The van der Waals surface area contributed by atoms with E-state index in [0.29, 0.717) is 29.7 Å². The van der Waals surface area contributed by atoms with Crippen molar-refractivity contribution < 1.29 is 33.8 Å². The number of benzene rings is 2. The third kappa shape index (κ3) is 11.8. The van der Waals surface area contributed by atoms with E-state index < -0.39 is 41.5 Å². The first-order valence-electron chi connectivity index (χ1n) is 22.3. The number of ether oxygens (including phenoxy) is 2. The van der Waals surface area contributed by atoms with Gasteiger partial charge in [-0.05, 0) is 68.4 Å². The fourth-order valence-corrected chi connectivity index (χ4v) is 10.3. The van der Waals surface area contributed by atoms with Gasteiger partial charge in [0.15, 0.2) is 5.82 Å². The van der Waals surface area contributed by atoms with Gasteiger partial charge < -0.3 is 35.4 Å². The lowest BCUT2D eigenvalue weighted by atomic mass is 9.85. The van der Waals surface area contributed by atoms with Crippen LogP contribution in [0.2, 0.25) is 5.02 Å². The van der Waals surface area contributed by atoms with Gasteiger partial charge in [-0.25, -0.2) is 4.98 Å². The number of nitrogens with zero attached hydrogens (tertiary/aromatic N) is 6. The van der Waals surface area contributed by atoms with Crippen molar-refractivity contribution >= 4 is 63.6 Å². The summed E-state index contributed by atoms with van der Waals surface area (Å²) in [5, 5.41) is 29.7. The van der Waals surface area contributed by atoms with E-state index in [1.54, 1.807) is 22.7 Å². The Morgan fingerprint density at radius 1 is 0.925 bits per heavy atom. The summed E-state index contributed by atoms with van der Waals surface area (Å²) >= 11 is 9.45. The molecule has 67 heavy (non-hydrogen) atoms. The smallest absolute Gasteiger partial charge is 0.246 e. The molecule has 1 saturated heterocycles. The number of aromatic nitrogens is 4. The maximum atomic E-state index is 14.0. The Morgan fingerprint density at radius 2 is 1.64 bits per heavy atom. The number of carbonyl (C=O) groups is 4. The second-order valence-corrected chi connectivity index (χ2v) is 20.4. The number of fused-ring (bicyclic) bond motifs is 3. The number of β-amino-alcohol motifs (C(OH)–C–C–N with tert-alkyl or cyclic N) is 1. The molecule has 2 aromatic carbocycles. The van der Waals surface area contributed by atoms with Gasteiger partial charge in [0.05, 0.1) is 40.9 Å². The molecule has 2 unspecified atom stereocenters. The van der Waals surface area contributed by atoms with Crippen LogP contribution in [0.25, 0.3) is 15.4 Å². The van der Waals surface area contributed by atoms with Gasteiger partial charge in [0.25, 0.3) is 0 Å². The van der Waals surface area contributed by atoms with Crippen LogP contribution in [0.3, 0.4) is 0 Å². The quantitative estimate of drug-likeness (QED) is 0.0759. The van der Waals surface area contributed by atoms with E-state index in [9.17, 15) is 24.3 Å². The maximum Gasteiger partial charge on any atom is 0.246 e. The SMILES string of the molecule is Cc1ncsc1-c1ccc(CNC(=O)[C@@H]2C[C@@H](O)CN2C(=O)C(NC(=O)COCCCOCCNC(=O)CC2N=C(c3ccc(Cl)cc3)c3c(sc(C)c3C)-n3c(C)nnc32)C(C)(C)C)cc1. The van der Waals surface area contributed by atoms with Crippen LogP contribution in [0.1, 0.15) is 90.5 Å². The minimum Gasteiger partial charge on any atom is -0.391 e. The molecule has 19 heteroatoms. The number of aryl methyl sites for hydroxylation is 3. The summed E-state index contributed by atoms with van der Waals surface area (Å²) in [6.45, 7) is 14.5. The van der Waals surface area contributed by atoms with Crippen molar-refractivity contribution in [1.29, 1.82) is 0 Å². The zero-order chi connectivity index (χ0) is 48.0. The third-order valence-electron chi connectivity index (χ3n) is 11.8. The van der Waals surface area contributed by atoms with Crippen LogP contribution in [-0.4, -0.2) is 117 Å². The highest BCUT2D eigenvalue weighted by molar-refractivity contribution is 7.15. The number of likely N-dealkylation sites (tertiary alicyclic amines) is 1. The molecule has 0 aliphatic carbocycles. The van der Waals surface area contributed by atoms with Crippen LogP contribution < -0.4 is 16.0 Å². The molecule has 356 valence electrons. The number of amides is 4. The summed E-state index contributed by atoms with van der Waals surface area (Å²) in [5.41, 5.74) is 7.76. The van der Waals surface area contributed by atoms with Gasteiger partial charge >= 0.3 is 0 Å². The maximum absolute atomic E-state index is 14.0. The minimum absolute atomic E-state index is 0.0246. The van der Waals surface area contributed by atoms with Crippen molar-refractivity contribution in [3.05, 3.63) is 104 Å². The number of aliphatic hydroxyl groups is 1. The number of aliphatic imine (C=N–C) groups is 1. The fraction of sp³-hybridized carbons (Fsp3) is 0.458. The number of thiazole rings is 1. The summed E-state index contributed by atoms with van der Waals surface area (Å²) in [5.74, 6) is -0.210. The number of rotatable bonds is 18. The van der Waals surface area contributed by atoms with Gasteiger partial charge in [-0.1, -0.05) is 68.8 Å². The van der Waals surface area contributed by atoms with E-state index in [1.807, 2.05) is 93.2 Å². The number of thiophene rings is 1. The van der Waals surface area contributed by atoms with Gasteiger partial charge in [0, 0.05) is 60.3 Å². The monoisotopic (exact) mass is 971 g/mol. The molecule has 0 spiro atoms. The first kappa shape index (κ1) is 49.5. The second-order valence-electron chi connectivity index (χ2n) is 17.9. The fourth-order valence-electron chi connectivity index (χ4n) is 8.16. The number of aliphatic hydroxyl groups excluding tert-OH is 1. The number of nitrogens with one attached hydrogen (secondary N) is 3. The Labute approximate surface area is 403 Å². The molecule has 4 amide bonds. The van der Waals surface area contributed by atoms with Crippen molar-refractivity contribution in [3.8, 4) is 15.4 Å². The Balaban J connectivity index is 0.832. The Bertz CT molecular complexity index is 2600. The molecule has 2 aliphatic heterocycles. The van der Waals surface area contributed by atoms with Gasteiger partial charge in [-0.15, -0.1) is 32.9 Å². The molecule has 3 aromatic heterocycles. The summed E-state index contributed by atoms with van der Waals surface area (Å²) < 4.78 is 13.4. The standard InChI is InChI=1S/C48H58ClN9O7S2/c1-27-29(3)67-47-40(27)41(32-13-15-34(49)16-14-32)53-36(44-56-55-30(4)58(44)47)22-38(60)50-17-20-64-18-8-19-65-25-39(61)54-43(48(5,6)7)46(63)57-24-35(59)21-37(57)45(62)51-23-31-9-11-33(12-10-31)42-28(2)52-26-66-42/h9-16,26,35-37,43,59H,8,17-25H2,1-7H3,(H,50,60)(H,51,62)(H,54,61)/t35-,36?,37+,43?/m1/s1. The van der Waals surface area contributed by atoms with E-state index in [1.165, 1.54) is 4.90 Å². The number of hydrogen-bond acceptors (Lipinski definition) is 13. The molecule has 16 nitrogen and oxygen atoms in total. The minimum atomic E-state index is -0.977. The van der Waals surface area contributed by atoms with Crippen molar-refractivity contribution in [2.24, 2.45) is 10.4 Å². The zero-order valence-corrected chi connectivity index (χ0v) is 41.2. The lowest BCUT2D eigenvalue weighted by Crippen LogP contribution is -2.58. The lowest BCUT2D eigenvalue weighted by Gasteiger charge is -2.35. The highest BCUT2D eigenvalue weighted by atomic mass is 35.5. The van der Waals surface area contributed by atoms with E-state index >= 15 is 0 Å². The Kier molecular flexibility index (Phi) is 16.1. The average molecular weight is 973 g/mol. The van der Waals surface area contributed by atoms with Crippen LogP contribution >= 0.6 is 34.3 Å². The normalized spacial score (nSPS) is 17.3. The predicted molar refractivity (Wildman–Crippen MR) is 259 cm³/mol. The van der Waals surface area contributed by atoms with Crippen molar-refractivity contribution in [3.63, 3.8) is 0 Å². The summed E-state index contributed by atoms with van der Waals surface area (Å²) in [6.07, 6.45) is -0.245. The molecular formula is C48H58ClN9O7S2. The average Bonchev–Trinajstić information content (AvgIpc) is 4.06. The van der Waals surface area contributed by atoms with Gasteiger partial charge in [-0.3, -0.25) is 28.7 Å². The Hall–Kier alpha value is -5.37. The van der Waals surface area contributed by atoms with Gasteiger partial charge in [0.1, 0.15) is 35.6 Å². The second kappa shape index (κ2) is 21.7. The molecule has 5 heterocycles. The molecule has 7 rings (SSSR count). The number of carbonyl (C=O) groups excluding carboxylic acids is 4. The molecule has 2 aliphatic rings. The van der Waals surface area contributed by atoms with Crippen LogP contribution in [0.4, 0.5) is 0 Å². The molecule has 0 bridgehead atoms. The molecule has 4 atom stereocenters. The Morgan fingerprint density at radius 3 is 2.34 bits per heavy atom. The predicted octanol–water partition coefficient (Wildman–Crippen LogP) is 5.97. The van der Waals surface area contributed by atoms with Crippen molar-refractivity contribution in [1.82, 2.24) is 40.6 Å². The number of halogens is 1. The van der Waals surface area contributed by atoms with E-state index in [-0.39, 0.29) is 64.1 Å². The lowest BCUT2D eigenvalue weighted by molar-refractivity contribution is -0.144. The highest BCUT2D eigenvalue weighted by Gasteiger charge is 2.44. The molecule has 1 fully saturated rings. The topological polar surface area (TPSA) is 202 Å². The van der Waals surface area contributed by atoms with Gasteiger partial charge in [-0.2, -0.15) is 0 Å². The van der Waals surface area contributed by atoms with Crippen LogP contribution in [0.5, 0.6) is 0 Å². The molecule has 0 radical (unpaired) electrons.